The van der Waals surface area contributed by atoms with E-state index >= 15 is 0 Å². The molecule has 1 aliphatic carbocycles. The molecule has 0 amide bonds. The molecule has 0 N–H and O–H groups in total. The van der Waals surface area contributed by atoms with Crippen molar-refractivity contribution in [3.8, 4) is 0 Å². The number of carbonyl (C=O) groups is 1. The third-order valence-corrected chi connectivity index (χ3v) is 4.70. The fourth-order valence-electron chi connectivity index (χ4n) is 2.93. The lowest BCUT2D eigenvalue weighted by molar-refractivity contribution is -0.148. The number of benzene rings is 1. The predicted molar refractivity (Wildman–Crippen MR) is 82.6 cm³/mol. The molecule has 1 fully saturated rings. The van der Waals surface area contributed by atoms with Crippen molar-refractivity contribution < 1.29 is 9.53 Å². The molecule has 0 saturated heterocycles. The van der Waals surface area contributed by atoms with Crippen LogP contribution in [0.3, 0.4) is 0 Å². The first-order chi connectivity index (χ1) is 9.59. The topological polar surface area (TPSA) is 26.3 Å². The van der Waals surface area contributed by atoms with Gasteiger partial charge in [0.2, 0.25) is 0 Å². The summed E-state index contributed by atoms with van der Waals surface area (Å²) in [6.45, 7) is 2.49. The molecule has 2 rings (SSSR count). The van der Waals surface area contributed by atoms with Crippen molar-refractivity contribution in [1.82, 2.24) is 0 Å². The molecule has 2 nitrogen and oxygen atoms in total. The summed E-state index contributed by atoms with van der Waals surface area (Å²) in [5.41, 5.74) is 0.0839. The number of halogens is 2. The Morgan fingerprint density at radius 1 is 1.20 bits per heavy atom. The minimum absolute atomic E-state index is 0.106. The molecule has 0 unspecified atom stereocenters. The molecule has 0 heterocycles. The van der Waals surface area contributed by atoms with Crippen LogP contribution >= 0.6 is 23.2 Å². The van der Waals surface area contributed by atoms with Crippen LogP contribution in [0.25, 0.3) is 0 Å². The second-order valence-corrected chi connectivity index (χ2v) is 6.10. The molecule has 20 heavy (non-hydrogen) atoms. The van der Waals surface area contributed by atoms with E-state index in [0.29, 0.717) is 22.2 Å². The molecule has 1 aliphatic rings. The highest BCUT2D eigenvalue weighted by Crippen LogP contribution is 2.35. The van der Waals surface area contributed by atoms with Gasteiger partial charge >= 0.3 is 0 Å². The Labute approximate surface area is 130 Å². The summed E-state index contributed by atoms with van der Waals surface area (Å²) in [6, 6.07) is 5.33. The standard InChI is InChI=1S/C16H20Cl2O2/c1-2-20-16(9-4-3-5-10-16)15(19)11-12-13(17)7-6-8-14(12)18/h6-8H,2-5,9-11H2,1H3. The summed E-state index contributed by atoms with van der Waals surface area (Å²) in [4.78, 5) is 12.7. The number of rotatable bonds is 5. The number of hydrogen-bond donors (Lipinski definition) is 0. The van der Waals surface area contributed by atoms with Crippen LogP contribution in [-0.2, 0) is 16.0 Å². The Morgan fingerprint density at radius 2 is 1.80 bits per heavy atom. The van der Waals surface area contributed by atoms with Crippen molar-refractivity contribution >= 4 is 29.0 Å². The Kier molecular flexibility index (Phi) is 5.48. The van der Waals surface area contributed by atoms with E-state index in [1.165, 1.54) is 6.42 Å². The van der Waals surface area contributed by atoms with Crippen molar-refractivity contribution in [1.29, 1.82) is 0 Å². The van der Waals surface area contributed by atoms with Crippen molar-refractivity contribution in [2.45, 2.75) is 51.0 Å². The summed E-state index contributed by atoms with van der Waals surface area (Å²) < 4.78 is 5.85. The van der Waals surface area contributed by atoms with Crippen LogP contribution in [0.1, 0.15) is 44.6 Å². The first-order valence-corrected chi connectivity index (χ1v) is 7.95. The van der Waals surface area contributed by atoms with E-state index in [9.17, 15) is 4.79 Å². The molecule has 1 saturated carbocycles. The van der Waals surface area contributed by atoms with Gasteiger partial charge in [0.15, 0.2) is 5.78 Å². The summed E-state index contributed by atoms with van der Waals surface area (Å²) in [6.07, 6.45) is 5.13. The van der Waals surface area contributed by atoms with Gasteiger partial charge in [-0.25, -0.2) is 0 Å². The van der Waals surface area contributed by atoms with E-state index in [1.54, 1.807) is 18.2 Å². The van der Waals surface area contributed by atoms with Crippen LogP contribution < -0.4 is 0 Å². The SMILES string of the molecule is CCOC1(C(=O)Cc2c(Cl)cccc2Cl)CCCCC1. The molecular weight excluding hydrogens is 295 g/mol. The number of hydrogen-bond acceptors (Lipinski definition) is 2. The average molecular weight is 315 g/mol. The zero-order chi connectivity index (χ0) is 14.6. The van der Waals surface area contributed by atoms with Crippen molar-refractivity contribution in [2.24, 2.45) is 0 Å². The zero-order valence-corrected chi connectivity index (χ0v) is 13.3. The van der Waals surface area contributed by atoms with E-state index in [0.717, 1.165) is 25.7 Å². The molecule has 0 bridgehead atoms. The van der Waals surface area contributed by atoms with Crippen LogP contribution in [0.2, 0.25) is 10.0 Å². The average Bonchev–Trinajstić information content (AvgIpc) is 2.44. The normalized spacial score (nSPS) is 17.9. The lowest BCUT2D eigenvalue weighted by Gasteiger charge is -2.35. The highest BCUT2D eigenvalue weighted by Gasteiger charge is 2.40. The van der Waals surface area contributed by atoms with Crippen molar-refractivity contribution in [2.75, 3.05) is 6.61 Å². The zero-order valence-electron chi connectivity index (χ0n) is 11.8. The molecule has 0 radical (unpaired) electrons. The maximum absolute atomic E-state index is 12.7. The molecule has 1 aromatic carbocycles. The van der Waals surface area contributed by atoms with Gasteiger partial charge in [-0.1, -0.05) is 48.5 Å². The van der Waals surface area contributed by atoms with E-state index in [2.05, 4.69) is 0 Å². The second kappa shape index (κ2) is 6.93. The van der Waals surface area contributed by atoms with Crippen molar-refractivity contribution in [3.05, 3.63) is 33.8 Å². The molecule has 110 valence electrons. The van der Waals surface area contributed by atoms with Gasteiger partial charge in [-0.05, 0) is 37.5 Å². The predicted octanol–water partition coefficient (Wildman–Crippen LogP) is 4.84. The van der Waals surface area contributed by atoms with Gasteiger partial charge in [0, 0.05) is 23.1 Å². The van der Waals surface area contributed by atoms with E-state index in [4.69, 9.17) is 27.9 Å². The maximum Gasteiger partial charge on any atom is 0.169 e. The van der Waals surface area contributed by atoms with Crippen LogP contribution in [-0.4, -0.2) is 18.0 Å². The summed E-state index contributed by atoms with van der Waals surface area (Å²) in [5.74, 6) is 0.106. The third-order valence-electron chi connectivity index (χ3n) is 3.99. The van der Waals surface area contributed by atoms with Crippen LogP contribution in [0, 0.1) is 0 Å². The van der Waals surface area contributed by atoms with Gasteiger partial charge in [0.1, 0.15) is 5.60 Å². The van der Waals surface area contributed by atoms with Gasteiger partial charge in [-0.3, -0.25) is 4.79 Å². The number of Topliss-reactive ketones (excluding diaryl/α,β-unsaturated/α-hetero) is 1. The second-order valence-electron chi connectivity index (χ2n) is 5.29. The lowest BCUT2D eigenvalue weighted by Crippen LogP contribution is -2.44. The van der Waals surface area contributed by atoms with Gasteiger partial charge in [-0.15, -0.1) is 0 Å². The maximum atomic E-state index is 12.7. The Balaban J connectivity index is 2.20. The van der Waals surface area contributed by atoms with Crippen LogP contribution in [0.5, 0.6) is 0 Å². The summed E-state index contributed by atoms with van der Waals surface area (Å²) in [5, 5.41) is 1.10. The van der Waals surface area contributed by atoms with Crippen LogP contribution in [0.4, 0.5) is 0 Å². The number of ether oxygens (including phenoxy) is 1. The fourth-order valence-corrected chi connectivity index (χ4v) is 3.46. The summed E-state index contributed by atoms with van der Waals surface area (Å²) >= 11 is 12.3. The van der Waals surface area contributed by atoms with Gasteiger partial charge in [-0.2, -0.15) is 0 Å². The Bertz CT molecular complexity index is 454. The molecule has 0 atom stereocenters. The van der Waals surface area contributed by atoms with Gasteiger partial charge < -0.3 is 4.74 Å². The molecule has 1 aromatic rings. The summed E-state index contributed by atoms with van der Waals surface area (Å²) in [7, 11) is 0. The highest BCUT2D eigenvalue weighted by atomic mass is 35.5. The first kappa shape index (κ1) is 15.8. The number of carbonyl (C=O) groups excluding carboxylic acids is 1. The first-order valence-electron chi connectivity index (χ1n) is 7.19. The van der Waals surface area contributed by atoms with Gasteiger partial charge in [0.25, 0.3) is 0 Å². The molecule has 4 heteroatoms. The van der Waals surface area contributed by atoms with Crippen molar-refractivity contribution in [3.63, 3.8) is 0 Å². The van der Waals surface area contributed by atoms with Gasteiger partial charge in [0.05, 0.1) is 0 Å². The Hall–Kier alpha value is -0.570. The van der Waals surface area contributed by atoms with E-state index < -0.39 is 5.60 Å². The van der Waals surface area contributed by atoms with E-state index in [1.807, 2.05) is 6.92 Å². The number of ketones is 1. The van der Waals surface area contributed by atoms with Crippen LogP contribution in [0.15, 0.2) is 18.2 Å². The smallest absolute Gasteiger partial charge is 0.169 e. The molecule has 0 spiro atoms. The molecular formula is C16H20Cl2O2. The third kappa shape index (κ3) is 3.36. The molecule has 0 aromatic heterocycles. The molecule has 0 aliphatic heterocycles. The Morgan fingerprint density at radius 3 is 2.35 bits per heavy atom. The monoisotopic (exact) mass is 314 g/mol. The fraction of sp³-hybridized carbons (Fsp3) is 0.562. The van der Waals surface area contributed by atoms with E-state index in [-0.39, 0.29) is 12.2 Å². The quantitative estimate of drug-likeness (QED) is 0.777. The highest BCUT2D eigenvalue weighted by molar-refractivity contribution is 6.36. The largest absolute Gasteiger partial charge is 0.367 e. The minimum atomic E-state index is -0.629. The lowest BCUT2D eigenvalue weighted by atomic mass is 9.79. The minimum Gasteiger partial charge on any atom is -0.367 e.